The number of nitrogens with one attached hydrogen (secondary N) is 2. The molecular weight excluding hydrogens is 362 g/mol. The van der Waals surface area contributed by atoms with Gasteiger partial charge in [-0.3, -0.25) is 4.79 Å². The Balaban J connectivity index is 0.00000225. The lowest BCUT2D eigenvalue weighted by Gasteiger charge is -2.20. The molecule has 0 saturated heterocycles. The van der Waals surface area contributed by atoms with E-state index in [1.54, 1.807) is 12.1 Å². The summed E-state index contributed by atoms with van der Waals surface area (Å²) in [5.74, 6) is 0.0824. The predicted octanol–water partition coefficient (Wildman–Crippen LogP) is 1.71. The molecule has 1 amide bonds. The maximum Gasteiger partial charge on any atom is 0.251 e. The standard InChI is InChI=1S/C17H25N3O3S.ClH/c1-11-5-8-14(24(22,23)20-13-6-7-13)9-15(11)17(21)19-16-4-2-3-12(16)10-18;/h5,8-9,12-13,16,20H,2-4,6-7,10,18H2,1H3,(H,19,21);1H. The van der Waals surface area contributed by atoms with Gasteiger partial charge in [0.15, 0.2) is 0 Å². The zero-order chi connectivity index (χ0) is 17.3. The van der Waals surface area contributed by atoms with Gasteiger partial charge in [-0.2, -0.15) is 0 Å². The van der Waals surface area contributed by atoms with Crippen molar-refractivity contribution in [1.29, 1.82) is 0 Å². The number of hydrogen-bond acceptors (Lipinski definition) is 4. The summed E-state index contributed by atoms with van der Waals surface area (Å²) >= 11 is 0. The third-order valence-corrected chi connectivity index (χ3v) is 6.46. The van der Waals surface area contributed by atoms with Gasteiger partial charge in [0.25, 0.3) is 5.91 Å². The summed E-state index contributed by atoms with van der Waals surface area (Å²) in [7, 11) is -3.56. The van der Waals surface area contributed by atoms with E-state index >= 15 is 0 Å². The van der Waals surface area contributed by atoms with Crippen molar-refractivity contribution >= 4 is 28.3 Å². The molecule has 2 saturated carbocycles. The van der Waals surface area contributed by atoms with Crippen molar-refractivity contribution in [2.24, 2.45) is 11.7 Å². The van der Waals surface area contributed by atoms with E-state index in [-0.39, 0.29) is 35.3 Å². The van der Waals surface area contributed by atoms with Crippen LogP contribution in [0.3, 0.4) is 0 Å². The Bertz CT molecular complexity index is 735. The van der Waals surface area contributed by atoms with Crippen LogP contribution in [-0.4, -0.2) is 33.0 Å². The van der Waals surface area contributed by atoms with E-state index < -0.39 is 10.0 Å². The summed E-state index contributed by atoms with van der Waals surface area (Å²) in [6.45, 7) is 2.37. The van der Waals surface area contributed by atoms with Crippen LogP contribution in [0.15, 0.2) is 23.1 Å². The van der Waals surface area contributed by atoms with E-state index in [9.17, 15) is 13.2 Å². The van der Waals surface area contributed by atoms with Crippen molar-refractivity contribution in [2.75, 3.05) is 6.54 Å². The summed E-state index contributed by atoms with van der Waals surface area (Å²) in [5, 5.41) is 3.03. The molecule has 2 aliphatic carbocycles. The van der Waals surface area contributed by atoms with Crippen molar-refractivity contribution in [3.05, 3.63) is 29.3 Å². The lowest BCUT2D eigenvalue weighted by molar-refractivity contribution is 0.0928. The lowest BCUT2D eigenvalue weighted by atomic mass is 10.0. The molecule has 1 aromatic carbocycles. The fourth-order valence-electron chi connectivity index (χ4n) is 3.26. The Hall–Kier alpha value is -1.15. The number of nitrogens with two attached hydrogens (primary N) is 1. The van der Waals surface area contributed by atoms with Crippen LogP contribution in [0, 0.1) is 12.8 Å². The Labute approximate surface area is 155 Å². The van der Waals surface area contributed by atoms with Crippen LogP contribution in [0.25, 0.3) is 0 Å². The van der Waals surface area contributed by atoms with E-state index in [1.807, 2.05) is 6.92 Å². The minimum absolute atomic E-state index is 0. The minimum atomic E-state index is -3.56. The molecule has 0 aliphatic heterocycles. The second kappa shape index (κ2) is 8.03. The van der Waals surface area contributed by atoms with E-state index in [1.165, 1.54) is 6.07 Å². The highest BCUT2D eigenvalue weighted by molar-refractivity contribution is 7.89. The molecule has 8 heteroatoms. The first-order valence-electron chi connectivity index (χ1n) is 8.54. The van der Waals surface area contributed by atoms with Crippen LogP contribution in [0.4, 0.5) is 0 Å². The minimum Gasteiger partial charge on any atom is -0.349 e. The lowest BCUT2D eigenvalue weighted by Crippen LogP contribution is -2.40. The van der Waals surface area contributed by atoms with Crippen molar-refractivity contribution in [3.63, 3.8) is 0 Å². The average molecular weight is 388 g/mol. The van der Waals surface area contributed by atoms with Crippen molar-refractivity contribution < 1.29 is 13.2 Å². The van der Waals surface area contributed by atoms with E-state index in [0.717, 1.165) is 37.7 Å². The van der Waals surface area contributed by atoms with Crippen LogP contribution < -0.4 is 15.8 Å². The molecule has 3 rings (SSSR count). The van der Waals surface area contributed by atoms with Crippen molar-refractivity contribution in [3.8, 4) is 0 Å². The van der Waals surface area contributed by atoms with Gasteiger partial charge in [-0.1, -0.05) is 12.5 Å². The number of amides is 1. The number of hydrogen-bond donors (Lipinski definition) is 3. The largest absolute Gasteiger partial charge is 0.349 e. The zero-order valence-corrected chi connectivity index (χ0v) is 16.0. The first-order chi connectivity index (χ1) is 11.4. The van der Waals surface area contributed by atoms with Gasteiger partial charge in [-0.15, -0.1) is 12.4 Å². The molecule has 2 atom stereocenters. The molecule has 1 aromatic rings. The molecule has 2 aliphatic rings. The molecule has 6 nitrogen and oxygen atoms in total. The Kier molecular flexibility index (Phi) is 6.48. The van der Waals surface area contributed by atoms with Gasteiger partial charge in [0.2, 0.25) is 10.0 Å². The smallest absolute Gasteiger partial charge is 0.251 e. The third kappa shape index (κ3) is 4.73. The van der Waals surface area contributed by atoms with Gasteiger partial charge in [0.1, 0.15) is 0 Å². The summed E-state index contributed by atoms with van der Waals surface area (Å²) in [5.41, 5.74) is 6.94. The van der Waals surface area contributed by atoms with Gasteiger partial charge in [0.05, 0.1) is 4.90 Å². The van der Waals surface area contributed by atoms with Crippen LogP contribution in [0.2, 0.25) is 0 Å². The quantitative estimate of drug-likeness (QED) is 0.691. The first kappa shape index (κ1) is 20.2. The number of aryl methyl sites for hydroxylation is 1. The van der Waals surface area contributed by atoms with Crippen LogP contribution >= 0.6 is 12.4 Å². The molecule has 0 bridgehead atoms. The van der Waals surface area contributed by atoms with Gasteiger partial charge < -0.3 is 11.1 Å². The van der Waals surface area contributed by atoms with Crippen LogP contribution in [0.5, 0.6) is 0 Å². The van der Waals surface area contributed by atoms with E-state index in [2.05, 4.69) is 10.0 Å². The molecule has 2 unspecified atom stereocenters. The highest BCUT2D eigenvalue weighted by Gasteiger charge is 2.30. The Morgan fingerprint density at radius 2 is 1.96 bits per heavy atom. The Morgan fingerprint density at radius 3 is 2.60 bits per heavy atom. The number of carbonyl (C=O) groups is 1. The topological polar surface area (TPSA) is 101 Å². The summed E-state index contributed by atoms with van der Waals surface area (Å²) in [6.07, 6.45) is 4.76. The molecule has 0 aromatic heterocycles. The summed E-state index contributed by atoms with van der Waals surface area (Å²) in [6, 6.07) is 4.83. The summed E-state index contributed by atoms with van der Waals surface area (Å²) in [4.78, 5) is 12.8. The second-order valence-corrected chi connectivity index (χ2v) is 8.59. The average Bonchev–Trinajstić information content (AvgIpc) is 3.22. The molecule has 0 spiro atoms. The molecule has 2 fully saturated rings. The van der Waals surface area contributed by atoms with Crippen LogP contribution in [-0.2, 0) is 10.0 Å². The molecule has 140 valence electrons. The van der Waals surface area contributed by atoms with E-state index in [0.29, 0.717) is 18.0 Å². The molecule has 25 heavy (non-hydrogen) atoms. The van der Waals surface area contributed by atoms with Gasteiger partial charge in [-0.25, -0.2) is 13.1 Å². The molecular formula is C17H26ClN3O3S. The zero-order valence-electron chi connectivity index (χ0n) is 14.3. The highest BCUT2D eigenvalue weighted by Crippen LogP contribution is 2.26. The molecule has 0 heterocycles. The van der Waals surface area contributed by atoms with Crippen molar-refractivity contribution in [2.45, 2.75) is 56.0 Å². The first-order valence-corrected chi connectivity index (χ1v) is 10.0. The number of carbonyl (C=O) groups excluding carboxylic acids is 1. The monoisotopic (exact) mass is 387 g/mol. The third-order valence-electron chi connectivity index (χ3n) is 4.94. The van der Waals surface area contributed by atoms with Crippen molar-refractivity contribution in [1.82, 2.24) is 10.0 Å². The second-order valence-electron chi connectivity index (χ2n) is 6.88. The fraction of sp³-hybridized carbons (Fsp3) is 0.588. The van der Waals surface area contributed by atoms with Gasteiger partial charge in [0, 0.05) is 17.6 Å². The normalized spacial score (nSPS) is 23.1. The number of benzene rings is 1. The molecule has 4 N–H and O–H groups in total. The predicted molar refractivity (Wildman–Crippen MR) is 99.4 cm³/mol. The fourth-order valence-corrected chi connectivity index (χ4v) is 4.59. The van der Waals surface area contributed by atoms with Crippen LogP contribution in [0.1, 0.15) is 48.0 Å². The molecule has 0 radical (unpaired) electrons. The summed E-state index contributed by atoms with van der Waals surface area (Å²) < 4.78 is 27.3. The SMILES string of the molecule is Cc1ccc(S(=O)(=O)NC2CC2)cc1C(=O)NC1CCCC1CN.Cl. The highest BCUT2D eigenvalue weighted by atomic mass is 35.5. The maximum atomic E-state index is 12.6. The van der Waals surface area contributed by atoms with E-state index in [4.69, 9.17) is 5.73 Å². The number of rotatable bonds is 6. The maximum absolute atomic E-state index is 12.6. The van der Waals surface area contributed by atoms with Gasteiger partial charge >= 0.3 is 0 Å². The van der Waals surface area contributed by atoms with Gasteiger partial charge in [-0.05, 0) is 62.8 Å². The Morgan fingerprint density at radius 1 is 1.24 bits per heavy atom. The number of sulfonamides is 1. The number of halogens is 1.